The summed E-state index contributed by atoms with van der Waals surface area (Å²) in [5, 5.41) is 5.89. The van der Waals surface area contributed by atoms with Crippen molar-refractivity contribution in [2.45, 2.75) is 38.1 Å². The van der Waals surface area contributed by atoms with Crippen LogP contribution >= 0.6 is 11.6 Å². The molecule has 12 nitrogen and oxygen atoms in total. The summed E-state index contributed by atoms with van der Waals surface area (Å²) < 4.78 is 11.3. The molecule has 0 bridgehead atoms. The number of rotatable bonds is 19. The molecule has 0 fully saturated rings. The van der Waals surface area contributed by atoms with Gasteiger partial charge in [0.05, 0.1) is 80.5 Å². The van der Waals surface area contributed by atoms with Crippen LogP contribution in [0.15, 0.2) is 48.5 Å². The number of halogens is 1. The highest BCUT2D eigenvalue weighted by molar-refractivity contribution is 6.31. The molecule has 0 aliphatic rings. The predicted octanol–water partition coefficient (Wildman–Crippen LogP) is 1.77. The number of carbonyl (C=O) groups excluding carboxylic acids is 2. The van der Waals surface area contributed by atoms with Crippen molar-refractivity contribution in [1.29, 1.82) is 0 Å². The Balaban J connectivity index is 1.76. The second kappa shape index (κ2) is 18.3. The van der Waals surface area contributed by atoms with Crippen molar-refractivity contribution in [3.8, 4) is 11.5 Å². The lowest BCUT2D eigenvalue weighted by molar-refractivity contribution is -0.901. The molecule has 0 aliphatic carbocycles. The van der Waals surface area contributed by atoms with Gasteiger partial charge in [0.1, 0.15) is 11.5 Å². The minimum absolute atomic E-state index is 0.0572. The van der Waals surface area contributed by atoms with Gasteiger partial charge >= 0.3 is 0 Å². The Morgan fingerprint density at radius 3 is 1.89 bits per heavy atom. The number of ether oxygens (including phenoxy) is 2. The number of hydrogen-bond acceptors (Lipinski definition) is 8. The number of carbonyl (C=O) groups is 2. The van der Waals surface area contributed by atoms with Gasteiger partial charge in [-0.05, 0) is 48.2 Å². The molecule has 3 aromatic rings. The Kier molecular flexibility index (Phi) is 14.5. The molecule has 0 radical (unpaired) electrons. The number of likely N-dealkylation sites (N-methyl/N-ethyl adjacent to an activating group) is 1. The number of nitrogens with two attached hydrogens (primary N) is 2. The summed E-state index contributed by atoms with van der Waals surface area (Å²) in [5.41, 5.74) is 14.0. The van der Waals surface area contributed by atoms with Gasteiger partial charge in [0.25, 0.3) is 5.91 Å². The van der Waals surface area contributed by atoms with Gasteiger partial charge in [-0.2, -0.15) is 0 Å². The van der Waals surface area contributed by atoms with E-state index in [-0.39, 0.29) is 34.8 Å². The van der Waals surface area contributed by atoms with Gasteiger partial charge in [0.15, 0.2) is 22.5 Å². The summed E-state index contributed by atoms with van der Waals surface area (Å²) in [4.78, 5) is 35.8. The third kappa shape index (κ3) is 13.3. The first-order valence-electron chi connectivity index (χ1n) is 15.9. The zero-order chi connectivity index (χ0) is 34.4. The van der Waals surface area contributed by atoms with E-state index >= 15 is 0 Å². The van der Waals surface area contributed by atoms with E-state index in [1.165, 1.54) is 16.0 Å². The van der Waals surface area contributed by atoms with Crippen molar-refractivity contribution in [2.24, 2.45) is 0 Å². The summed E-state index contributed by atoms with van der Waals surface area (Å²) in [5.74, 6) is 0.763. The Hall–Kier alpha value is -4.13. The van der Waals surface area contributed by atoms with Gasteiger partial charge < -0.3 is 41.0 Å². The fourth-order valence-electron chi connectivity index (χ4n) is 5.21. The quantitative estimate of drug-likeness (QED) is 0.121. The molecule has 2 amide bonds. The van der Waals surface area contributed by atoms with E-state index in [0.29, 0.717) is 13.1 Å². The summed E-state index contributed by atoms with van der Waals surface area (Å²) in [6.07, 6.45) is 3.73. The number of quaternary nitrogens is 2. The monoisotopic (exact) mass is 670 g/mol. The maximum absolute atomic E-state index is 13.4. The molecule has 3 rings (SSSR count). The molecular weight excluding hydrogens is 620 g/mol. The number of nitrogen functional groups attached to an aromatic ring is 2. The molecule has 2 aromatic carbocycles. The normalized spacial score (nSPS) is 12.1. The third-order valence-corrected chi connectivity index (χ3v) is 8.11. The van der Waals surface area contributed by atoms with Gasteiger partial charge in [0.2, 0.25) is 5.91 Å². The second-order valence-electron chi connectivity index (χ2n) is 12.7. The van der Waals surface area contributed by atoms with Crippen LogP contribution in [0.1, 0.15) is 40.9 Å². The first kappa shape index (κ1) is 37.3. The molecule has 256 valence electrons. The van der Waals surface area contributed by atoms with E-state index in [4.69, 9.17) is 32.5 Å². The van der Waals surface area contributed by atoms with Crippen molar-refractivity contribution >= 4 is 35.1 Å². The summed E-state index contributed by atoms with van der Waals surface area (Å²) >= 11 is 6.06. The number of methoxy groups -OCH3 is 2. The van der Waals surface area contributed by atoms with E-state index in [9.17, 15) is 9.59 Å². The first-order chi connectivity index (χ1) is 22.4. The van der Waals surface area contributed by atoms with E-state index in [1.807, 2.05) is 24.3 Å². The molecule has 0 aliphatic heterocycles. The largest absolute Gasteiger partial charge is 0.497 e. The van der Waals surface area contributed by atoms with Gasteiger partial charge in [-0.15, -0.1) is 0 Å². The minimum Gasteiger partial charge on any atom is -0.497 e. The topological polar surface area (TPSA) is 159 Å². The molecule has 0 saturated heterocycles. The summed E-state index contributed by atoms with van der Waals surface area (Å²) in [7, 11) is 9.51. The van der Waals surface area contributed by atoms with Crippen LogP contribution in [0.2, 0.25) is 5.15 Å². The molecule has 13 heteroatoms. The maximum Gasteiger partial charge on any atom is 0.274 e. The highest BCUT2D eigenvalue weighted by atomic mass is 35.5. The first-order valence-corrected chi connectivity index (χ1v) is 16.3. The Morgan fingerprint density at radius 2 is 1.40 bits per heavy atom. The number of amides is 2. The van der Waals surface area contributed by atoms with Crippen LogP contribution in [-0.2, 0) is 17.6 Å². The lowest BCUT2D eigenvalue weighted by Crippen LogP contribution is -3.13. The molecule has 0 unspecified atom stereocenters. The second-order valence-corrected chi connectivity index (χ2v) is 13.1. The van der Waals surface area contributed by atoms with Crippen molar-refractivity contribution < 1.29 is 28.4 Å². The third-order valence-electron chi connectivity index (χ3n) is 7.84. The molecule has 0 spiro atoms. The van der Waals surface area contributed by atoms with Gasteiger partial charge in [-0.1, -0.05) is 35.9 Å². The van der Waals surface area contributed by atoms with Crippen LogP contribution in [0.3, 0.4) is 0 Å². The van der Waals surface area contributed by atoms with Crippen molar-refractivity contribution in [3.63, 3.8) is 0 Å². The smallest absolute Gasteiger partial charge is 0.274 e. The molecule has 1 heterocycles. The van der Waals surface area contributed by atoms with Crippen molar-refractivity contribution in [3.05, 3.63) is 70.5 Å². The number of hydrogen-bond donors (Lipinski definition) is 5. The molecular formula is C34H51ClN8O4+2. The highest BCUT2D eigenvalue weighted by Gasteiger charge is 2.25. The molecule has 47 heavy (non-hydrogen) atoms. The number of anilines is 2. The molecule has 1 atom stereocenters. The zero-order valence-corrected chi connectivity index (χ0v) is 29.0. The molecule has 1 aromatic heterocycles. The average molecular weight is 671 g/mol. The van der Waals surface area contributed by atoms with Crippen LogP contribution in [0.4, 0.5) is 11.6 Å². The maximum atomic E-state index is 13.4. The van der Waals surface area contributed by atoms with E-state index < -0.39 is 11.9 Å². The average Bonchev–Trinajstić information content (AvgIpc) is 3.02. The molecule has 7 N–H and O–H groups in total. The zero-order valence-electron chi connectivity index (χ0n) is 28.3. The van der Waals surface area contributed by atoms with Crippen LogP contribution < -0.4 is 36.5 Å². The summed E-state index contributed by atoms with van der Waals surface area (Å²) in [6, 6.07) is 15.7. The number of nitrogens with one attached hydrogen (secondary N) is 3. The van der Waals surface area contributed by atoms with Gasteiger partial charge in [-0.3, -0.25) is 9.59 Å². The van der Waals surface area contributed by atoms with Crippen molar-refractivity contribution in [1.82, 2.24) is 20.6 Å². The standard InChI is InChI=1S/C34H49ClN8O4/c1-43(2,3)21-18-38-29(44)22-26(39-34(45)30-32(36)41-33(37)31(35)40-30)23-42(19-6-8-24-10-14-27(46-4)15-11-24)20-7-9-25-12-16-28(47-5)17-13-25/h10-17,26H,6-9,18-23H2,1-5H3,(H5-,36,37,38,39,41,44,45)/p+2/t26-/m0/s1. The van der Waals surface area contributed by atoms with Crippen molar-refractivity contribution in [2.75, 3.05) is 79.6 Å². The predicted molar refractivity (Wildman–Crippen MR) is 186 cm³/mol. The Bertz CT molecular complexity index is 1380. The van der Waals surface area contributed by atoms with Crippen LogP contribution in [0.5, 0.6) is 11.5 Å². The highest BCUT2D eigenvalue weighted by Crippen LogP contribution is 2.18. The van der Waals surface area contributed by atoms with Gasteiger partial charge in [0, 0.05) is 12.8 Å². The minimum atomic E-state index is -0.558. The Morgan fingerprint density at radius 1 is 0.872 bits per heavy atom. The fourth-order valence-corrected chi connectivity index (χ4v) is 5.34. The lowest BCUT2D eigenvalue weighted by atomic mass is 10.1. The number of aryl methyl sites for hydroxylation is 2. The van der Waals surface area contributed by atoms with E-state index in [2.05, 4.69) is 66.0 Å². The number of benzene rings is 2. The number of nitrogens with zero attached hydrogens (tertiary/aromatic N) is 3. The number of aromatic nitrogens is 2. The Labute approximate surface area is 283 Å². The summed E-state index contributed by atoms with van der Waals surface area (Å²) in [6.45, 7) is 3.51. The van der Waals surface area contributed by atoms with E-state index in [0.717, 1.165) is 61.3 Å². The van der Waals surface area contributed by atoms with Gasteiger partial charge in [-0.25, -0.2) is 9.97 Å². The van der Waals surface area contributed by atoms with E-state index in [1.54, 1.807) is 14.2 Å². The van der Waals surface area contributed by atoms with Crippen LogP contribution in [0.25, 0.3) is 0 Å². The van der Waals surface area contributed by atoms with Crippen LogP contribution in [-0.4, -0.2) is 100 Å². The lowest BCUT2D eigenvalue weighted by Gasteiger charge is -2.26. The fraction of sp³-hybridized carbons (Fsp3) is 0.471. The van der Waals surface area contributed by atoms with Crippen LogP contribution in [0, 0.1) is 0 Å². The molecule has 0 saturated carbocycles. The SMILES string of the molecule is COc1ccc(CCC[NH+](CCCc2ccc(OC)cc2)C[C@H](CC(=O)NCC[N+](C)(C)C)NC(=O)c2nc(Cl)c(N)nc2N)cc1.